The molecule has 2 aromatic carbocycles. The average Bonchev–Trinajstić information content (AvgIpc) is 2.98. The summed E-state index contributed by atoms with van der Waals surface area (Å²) in [5, 5.41) is 12.2. The smallest absolute Gasteiger partial charge is 0.408 e. The minimum Gasteiger partial charge on any atom is -0.479 e. The van der Waals surface area contributed by atoms with Crippen LogP contribution in [0.5, 0.6) is 0 Å². The van der Waals surface area contributed by atoms with Crippen LogP contribution < -0.4 is 5.32 Å². The molecule has 0 fully saturated rings. The molecule has 30 heavy (non-hydrogen) atoms. The van der Waals surface area contributed by atoms with Crippen molar-refractivity contribution in [2.75, 3.05) is 6.61 Å². The molecule has 0 saturated carbocycles. The minimum atomic E-state index is -1.63. The first-order valence-corrected chi connectivity index (χ1v) is 10.1. The van der Waals surface area contributed by atoms with Gasteiger partial charge in [-0.3, -0.25) is 0 Å². The van der Waals surface area contributed by atoms with Crippen LogP contribution >= 0.6 is 0 Å². The number of carbonyl (C=O) groups is 2. The van der Waals surface area contributed by atoms with Crippen LogP contribution in [-0.4, -0.2) is 41.0 Å². The fourth-order valence-electron chi connectivity index (χ4n) is 3.82. The summed E-state index contributed by atoms with van der Waals surface area (Å²) in [6, 6.07) is 16.1. The second-order valence-corrected chi connectivity index (χ2v) is 8.83. The Bertz CT molecular complexity index is 903. The lowest BCUT2D eigenvalue weighted by Crippen LogP contribution is -2.61. The molecule has 0 bridgehead atoms. The van der Waals surface area contributed by atoms with E-state index >= 15 is 0 Å². The number of amides is 1. The molecule has 2 aromatic rings. The van der Waals surface area contributed by atoms with E-state index in [4.69, 9.17) is 9.47 Å². The fourth-order valence-corrected chi connectivity index (χ4v) is 3.82. The summed E-state index contributed by atoms with van der Waals surface area (Å²) >= 11 is 0. The van der Waals surface area contributed by atoms with E-state index in [-0.39, 0.29) is 12.5 Å². The lowest BCUT2D eigenvalue weighted by Gasteiger charge is -2.36. The van der Waals surface area contributed by atoms with E-state index in [0.29, 0.717) is 0 Å². The Kier molecular flexibility index (Phi) is 5.90. The highest BCUT2D eigenvalue weighted by Gasteiger charge is 2.43. The molecule has 1 aliphatic rings. The van der Waals surface area contributed by atoms with Gasteiger partial charge in [0.25, 0.3) is 0 Å². The number of ether oxygens (including phenoxy) is 2. The number of rotatable bonds is 6. The third kappa shape index (κ3) is 4.33. The molecule has 0 spiro atoms. The average molecular weight is 411 g/mol. The van der Waals surface area contributed by atoms with Crippen LogP contribution in [-0.2, 0) is 14.3 Å². The summed E-state index contributed by atoms with van der Waals surface area (Å²) < 4.78 is 11.3. The van der Waals surface area contributed by atoms with Crippen molar-refractivity contribution in [1.82, 2.24) is 5.32 Å². The first-order valence-electron chi connectivity index (χ1n) is 10.1. The van der Waals surface area contributed by atoms with E-state index in [1.807, 2.05) is 57.2 Å². The van der Waals surface area contributed by atoms with Gasteiger partial charge < -0.3 is 19.9 Å². The third-order valence-corrected chi connectivity index (χ3v) is 5.49. The van der Waals surface area contributed by atoms with E-state index < -0.39 is 29.3 Å². The van der Waals surface area contributed by atoms with Gasteiger partial charge in [0, 0.05) is 5.92 Å². The van der Waals surface area contributed by atoms with Crippen LogP contribution in [0.3, 0.4) is 0 Å². The van der Waals surface area contributed by atoms with Crippen molar-refractivity contribution in [1.29, 1.82) is 0 Å². The molecule has 3 rings (SSSR count). The predicted octanol–water partition coefficient (Wildman–Crippen LogP) is 4.57. The highest BCUT2D eigenvalue weighted by atomic mass is 16.6. The Balaban J connectivity index is 1.73. The van der Waals surface area contributed by atoms with Crippen molar-refractivity contribution >= 4 is 12.1 Å². The zero-order chi connectivity index (χ0) is 22.1. The Morgan fingerprint density at radius 2 is 1.50 bits per heavy atom. The lowest BCUT2D eigenvalue weighted by molar-refractivity contribution is -0.156. The fraction of sp³-hybridized carbons (Fsp3) is 0.417. The summed E-state index contributed by atoms with van der Waals surface area (Å²) in [7, 11) is 0. The van der Waals surface area contributed by atoms with Crippen molar-refractivity contribution in [3.63, 3.8) is 0 Å². The van der Waals surface area contributed by atoms with Gasteiger partial charge in [-0.2, -0.15) is 0 Å². The van der Waals surface area contributed by atoms with E-state index in [1.54, 1.807) is 6.92 Å². The molecule has 0 saturated heterocycles. The molecule has 1 amide bonds. The molecular formula is C24H29NO5. The topological polar surface area (TPSA) is 84.9 Å². The molecule has 2 atom stereocenters. The molecule has 2 N–H and O–H groups in total. The number of alkyl carbamates (subject to hydrolysis) is 1. The highest BCUT2D eigenvalue weighted by Crippen LogP contribution is 2.44. The molecule has 1 aliphatic carbocycles. The van der Waals surface area contributed by atoms with Crippen LogP contribution in [0.4, 0.5) is 4.79 Å². The van der Waals surface area contributed by atoms with Crippen LogP contribution in [0.1, 0.15) is 51.7 Å². The first kappa shape index (κ1) is 21.8. The SMILES string of the molecule is C[C@@H](OC(C)(C)C)[C@](C)(NC(=O)OCC1c2ccccc2-c2ccccc21)C(=O)O. The summed E-state index contributed by atoms with van der Waals surface area (Å²) in [6.45, 7) is 8.66. The second kappa shape index (κ2) is 8.11. The molecule has 6 heteroatoms. The number of fused-ring (bicyclic) bond motifs is 3. The van der Waals surface area contributed by atoms with Gasteiger partial charge in [-0.25, -0.2) is 9.59 Å². The van der Waals surface area contributed by atoms with Crippen LogP contribution in [0.25, 0.3) is 11.1 Å². The monoisotopic (exact) mass is 411 g/mol. The molecule has 160 valence electrons. The van der Waals surface area contributed by atoms with Crippen LogP contribution in [0.15, 0.2) is 48.5 Å². The molecule has 0 aromatic heterocycles. The van der Waals surface area contributed by atoms with Gasteiger partial charge in [-0.05, 0) is 56.9 Å². The summed E-state index contributed by atoms with van der Waals surface area (Å²) in [5.74, 6) is -1.28. The third-order valence-electron chi connectivity index (χ3n) is 5.49. The molecule has 0 radical (unpaired) electrons. The standard InChI is InChI=1S/C24H29NO5/c1-15(30-23(2,3)4)24(5,21(26)27)25-22(28)29-14-20-18-12-8-6-10-16(18)17-11-7-9-13-19(17)20/h6-13,15,20H,14H2,1-5H3,(H,25,28)(H,26,27)/t15-,24+/m1/s1. The zero-order valence-corrected chi connectivity index (χ0v) is 18.1. The first-order chi connectivity index (χ1) is 14.0. The van der Waals surface area contributed by atoms with E-state index in [9.17, 15) is 14.7 Å². The number of hydrogen-bond acceptors (Lipinski definition) is 4. The van der Waals surface area contributed by atoms with Crippen molar-refractivity contribution in [3.8, 4) is 11.1 Å². The van der Waals surface area contributed by atoms with Crippen molar-refractivity contribution in [3.05, 3.63) is 59.7 Å². The maximum Gasteiger partial charge on any atom is 0.408 e. The molecule has 6 nitrogen and oxygen atoms in total. The van der Waals surface area contributed by atoms with E-state index in [1.165, 1.54) is 6.92 Å². The van der Waals surface area contributed by atoms with Gasteiger partial charge in [0.1, 0.15) is 6.61 Å². The quantitative estimate of drug-likeness (QED) is 0.727. The number of benzene rings is 2. The van der Waals surface area contributed by atoms with E-state index in [2.05, 4.69) is 17.4 Å². The van der Waals surface area contributed by atoms with Gasteiger partial charge in [-0.15, -0.1) is 0 Å². The highest BCUT2D eigenvalue weighted by molar-refractivity contribution is 5.85. The summed E-state index contributed by atoms with van der Waals surface area (Å²) in [5.41, 5.74) is 2.26. The summed E-state index contributed by atoms with van der Waals surface area (Å²) in [4.78, 5) is 24.5. The zero-order valence-electron chi connectivity index (χ0n) is 18.1. The maximum atomic E-state index is 12.6. The van der Waals surface area contributed by atoms with Crippen molar-refractivity contribution < 1.29 is 24.2 Å². The van der Waals surface area contributed by atoms with Gasteiger partial charge in [0.05, 0.1) is 11.7 Å². The predicted molar refractivity (Wildman–Crippen MR) is 115 cm³/mol. The number of hydrogen-bond donors (Lipinski definition) is 2. The van der Waals surface area contributed by atoms with Gasteiger partial charge in [0.2, 0.25) is 0 Å². The lowest BCUT2D eigenvalue weighted by atomic mass is 9.95. The molecule has 0 unspecified atom stereocenters. The van der Waals surface area contributed by atoms with Gasteiger partial charge >= 0.3 is 12.1 Å². The van der Waals surface area contributed by atoms with Crippen molar-refractivity contribution in [2.24, 2.45) is 0 Å². The second-order valence-electron chi connectivity index (χ2n) is 8.83. The number of nitrogens with one attached hydrogen (secondary N) is 1. The maximum absolute atomic E-state index is 12.6. The number of carboxylic acids is 1. The summed E-state index contributed by atoms with van der Waals surface area (Å²) in [6.07, 6.45) is -1.55. The molecule has 0 heterocycles. The normalized spacial score (nSPS) is 16.2. The Labute approximate surface area is 177 Å². The largest absolute Gasteiger partial charge is 0.479 e. The van der Waals surface area contributed by atoms with Gasteiger partial charge in [0.15, 0.2) is 5.54 Å². The van der Waals surface area contributed by atoms with Gasteiger partial charge in [-0.1, -0.05) is 48.5 Å². The molecular weight excluding hydrogens is 382 g/mol. The number of carbonyl (C=O) groups excluding carboxylic acids is 1. The van der Waals surface area contributed by atoms with Crippen LogP contribution in [0, 0.1) is 0 Å². The number of aliphatic carboxylic acids is 1. The van der Waals surface area contributed by atoms with Crippen LogP contribution in [0.2, 0.25) is 0 Å². The van der Waals surface area contributed by atoms with Crippen molar-refractivity contribution in [2.45, 2.75) is 57.8 Å². The Morgan fingerprint density at radius 3 is 1.97 bits per heavy atom. The minimum absolute atomic E-state index is 0.0949. The number of carboxylic acid groups (broad SMARTS) is 1. The molecule has 0 aliphatic heterocycles. The Morgan fingerprint density at radius 1 is 1.00 bits per heavy atom. The van der Waals surface area contributed by atoms with E-state index in [0.717, 1.165) is 22.3 Å². The Hall–Kier alpha value is -2.86.